The molecule has 2 atom stereocenters. The third-order valence-electron chi connectivity index (χ3n) is 4.73. The van der Waals surface area contributed by atoms with E-state index in [0.29, 0.717) is 19.6 Å². The van der Waals surface area contributed by atoms with Gasteiger partial charge in [-0.3, -0.25) is 4.79 Å². The van der Waals surface area contributed by atoms with Crippen LogP contribution in [0.4, 0.5) is 0 Å². The van der Waals surface area contributed by atoms with Crippen molar-refractivity contribution in [3.05, 3.63) is 64.7 Å². The maximum Gasteiger partial charge on any atom is 0.248 e. The van der Waals surface area contributed by atoms with Crippen LogP contribution in [0.15, 0.2) is 53.4 Å². The summed E-state index contributed by atoms with van der Waals surface area (Å²) in [6.07, 6.45) is 0. The average Bonchev–Trinajstić information content (AvgIpc) is 3.07. The van der Waals surface area contributed by atoms with Crippen LogP contribution in [0.1, 0.15) is 21.8 Å². The minimum absolute atomic E-state index is 0.0157. The maximum atomic E-state index is 13.1. The van der Waals surface area contributed by atoms with Gasteiger partial charge in [0.15, 0.2) is 0 Å². The molecule has 1 aliphatic heterocycles. The molecule has 1 saturated heterocycles. The van der Waals surface area contributed by atoms with Gasteiger partial charge in [0.25, 0.3) is 0 Å². The molecular formula is C18H20ClN3O3S. The smallest absolute Gasteiger partial charge is 0.248 e. The van der Waals surface area contributed by atoms with E-state index in [4.69, 9.17) is 23.1 Å². The van der Waals surface area contributed by atoms with Gasteiger partial charge in [-0.25, -0.2) is 8.42 Å². The first-order valence-electron chi connectivity index (χ1n) is 8.18. The molecule has 138 valence electrons. The highest BCUT2D eigenvalue weighted by molar-refractivity contribution is 7.89. The SMILES string of the molecule is NC[C@@H]1CN(S(=O)(=O)c2cc(Cl)cc(C(N)=O)c2)C[C@H]1c1ccccc1. The number of hydrogen-bond donors (Lipinski definition) is 2. The van der Waals surface area contributed by atoms with E-state index in [1.165, 1.54) is 22.5 Å². The Labute approximate surface area is 157 Å². The Kier molecular flexibility index (Phi) is 5.34. The van der Waals surface area contributed by atoms with Crippen LogP contribution in [0, 0.1) is 5.92 Å². The third kappa shape index (κ3) is 3.61. The number of nitrogens with zero attached hydrogens (tertiary/aromatic N) is 1. The first-order valence-corrected chi connectivity index (χ1v) is 10.0. The summed E-state index contributed by atoms with van der Waals surface area (Å²) in [6, 6.07) is 13.7. The fourth-order valence-electron chi connectivity index (χ4n) is 3.35. The largest absolute Gasteiger partial charge is 0.366 e. The van der Waals surface area contributed by atoms with E-state index >= 15 is 0 Å². The van der Waals surface area contributed by atoms with Crippen LogP contribution in [0.3, 0.4) is 0 Å². The van der Waals surface area contributed by atoms with E-state index in [2.05, 4.69) is 0 Å². The normalized spacial score (nSPS) is 21.0. The first-order chi connectivity index (χ1) is 12.3. The molecule has 0 bridgehead atoms. The second-order valence-electron chi connectivity index (χ2n) is 6.37. The van der Waals surface area contributed by atoms with Crippen molar-refractivity contribution in [3.63, 3.8) is 0 Å². The zero-order chi connectivity index (χ0) is 18.9. The number of rotatable bonds is 5. The second kappa shape index (κ2) is 7.36. The lowest BCUT2D eigenvalue weighted by atomic mass is 9.89. The lowest BCUT2D eigenvalue weighted by Crippen LogP contribution is -2.30. The Morgan fingerprint density at radius 2 is 1.85 bits per heavy atom. The summed E-state index contributed by atoms with van der Waals surface area (Å²) in [4.78, 5) is 11.4. The molecule has 0 radical (unpaired) electrons. The molecule has 2 aromatic rings. The highest BCUT2D eigenvalue weighted by Gasteiger charge is 2.39. The lowest BCUT2D eigenvalue weighted by Gasteiger charge is -2.17. The van der Waals surface area contributed by atoms with Gasteiger partial charge in [0.2, 0.25) is 15.9 Å². The van der Waals surface area contributed by atoms with Crippen molar-refractivity contribution in [2.24, 2.45) is 17.4 Å². The molecule has 6 nitrogen and oxygen atoms in total. The molecule has 3 rings (SSSR count). The third-order valence-corrected chi connectivity index (χ3v) is 6.76. The Bertz CT molecular complexity index is 919. The van der Waals surface area contributed by atoms with Crippen molar-refractivity contribution in [2.45, 2.75) is 10.8 Å². The van der Waals surface area contributed by atoms with Gasteiger partial charge in [-0.05, 0) is 36.2 Å². The Morgan fingerprint density at radius 3 is 2.46 bits per heavy atom. The molecule has 2 aromatic carbocycles. The minimum atomic E-state index is -3.82. The molecule has 26 heavy (non-hydrogen) atoms. The maximum absolute atomic E-state index is 13.1. The molecule has 0 spiro atoms. The summed E-state index contributed by atoms with van der Waals surface area (Å²) in [6.45, 7) is 1.02. The van der Waals surface area contributed by atoms with Gasteiger partial charge >= 0.3 is 0 Å². The zero-order valence-corrected chi connectivity index (χ0v) is 15.6. The summed E-state index contributed by atoms with van der Waals surface area (Å²) in [5.74, 6) is -0.694. The summed E-state index contributed by atoms with van der Waals surface area (Å²) >= 11 is 5.98. The highest BCUT2D eigenvalue weighted by Crippen LogP contribution is 2.35. The lowest BCUT2D eigenvalue weighted by molar-refractivity contribution is 0.1000. The van der Waals surface area contributed by atoms with Crippen molar-refractivity contribution < 1.29 is 13.2 Å². The predicted molar refractivity (Wildman–Crippen MR) is 100 cm³/mol. The Balaban J connectivity index is 1.95. The van der Waals surface area contributed by atoms with Crippen LogP contribution in [-0.2, 0) is 10.0 Å². The van der Waals surface area contributed by atoms with Crippen molar-refractivity contribution in [1.29, 1.82) is 0 Å². The molecule has 1 amide bonds. The molecule has 4 N–H and O–H groups in total. The van der Waals surface area contributed by atoms with Crippen LogP contribution in [0.5, 0.6) is 0 Å². The quantitative estimate of drug-likeness (QED) is 0.807. The molecule has 0 aromatic heterocycles. The average molecular weight is 394 g/mol. The number of carbonyl (C=O) groups is 1. The van der Waals surface area contributed by atoms with Gasteiger partial charge in [-0.2, -0.15) is 4.31 Å². The monoisotopic (exact) mass is 393 g/mol. The summed E-state index contributed by atoms with van der Waals surface area (Å²) < 4.78 is 27.5. The van der Waals surface area contributed by atoms with E-state index < -0.39 is 15.9 Å². The van der Waals surface area contributed by atoms with Gasteiger partial charge in [0, 0.05) is 29.6 Å². The van der Waals surface area contributed by atoms with Crippen molar-refractivity contribution in [2.75, 3.05) is 19.6 Å². The number of amides is 1. The topological polar surface area (TPSA) is 106 Å². The van der Waals surface area contributed by atoms with E-state index in [0.717, 1.165) is 5.56 Å². The van der Waals surface area contributed by atoms with Gasteiger partial charge < -0.3 is 11.5 Å². The molecule has 0 aliphatic carbocycles. The van der Waals surface area contributed by atoms with Crippen LogP contribution in [0.25, 0.3) is 0 Å². The molecule has 0 saturated carbocycles. The fraction of sp³-hybridized carbons (Fsp3) is 0.278. The van der Waals surface area contributed by atoms with Crippen molar-refractivity contribution >= 4 is 27.5 Å². The number of sulfonamides is 1. The van der Waals surface area contributed by atoms with Crippen molar-refractivity contribution in [1.82, 2.24) is 4.31 Å². The molecule has 1 aliphatic rings. The predicted octanol–water partition coefficient (Wildman–Crippen LogP) is 1.80. The van der Waals surface area contributed by atoms with Gasteiger partial charge in [-0.1, -0.05) is 41.9 Å². The second-order valence-corrected chi connectivity index (χ2v) is 8.75. The fourth-order valence-corrected chi connectivity index (χ4v) is 5.24. The number of nitrogens with two attached hydrogens (primary N) is 2. The Morgan fingerprint density at radius 1 is 1.15 bits per heavy atom. The van der Waals surface area contributed by atoms with Crippen LogP contribution in [-0.4, -0.2) is 38.3 Å². The van der Waals surface area contributed by atoms with E-state index in [-0.39, 0.29) is 27.3 Å². The van der Waals surface area contributed by atoms with E-state index in [1.807, 2.05) is 30.3 Å². The molecule has 1 fully saturated rings. The molecular weight excluding hydrogens is 374 g/mol. The van der Waals surface area contributed by atoms with Crippen molar-refractivity contribution in [3.8, 4) is 0 Å². The van der Waals surface area contributed by atoms with Crippen LogP contribution < -0.4 is 11.5 Å². The van der Waals surface area contributed by atoms with Gasteiger partial charge in [-0.15, -0.1) is 0 Å². The standard InChI is InChI=1S/C18H20ClN3O3S/c19-15-6-13(18(21)23)7-16(8-15)26(24,25)22-10-14(9-20)17(11-22)12-4-2-1-3-5-12/h1-8,14,17H,9-11,20H2,(H2,21,23)/t14-,17+/m1/s1. The number of carbonyl (C=O) groups excluding carboxylic acids is 1. The zero-order valence-electron chi connectivity index (χ0n) is 14.0. The Hall–Kier alpha value is -1.93. The highest BCUT2D eigenvalue weighted by atomic mass is 35.5. The first kappa shape index (κ1) is 18.8. The van der Waals surface area contributed by atoms with Crippen LogP contribution >= 0.6 is 11.6 Å². The number of halogens is 1. The molecule has 1 heterocycles. The summed E-state index contributed by atoms with van der Waals surface area (Å²) in [5.41, 5.74) is 12.3. The summed E-state index contributed by atoms with van der Waals surface area (Å²) in [7, 11) is -3.82. The van der Waals surface area contributed by atoms with E-state index in [1.54, 1.807) is 0 Å². The number of hydrogen-bond acceptors (Lipinski definition) is 4. The van der Waals surface area contributed by atoms with E-state index in [9.17, 15) is 13.2 Å². The molecule has 8 heteroatoms. The molecule has 0 unspecified atom stereocenters. The number of benzene rings is 2. The van der Waals surface area contributed by atoms with Crippen LogP contribution in [0.2, 0.25) is 5.02 Å². The van der Waals surface area contributed by atoms with Gasteiger partial charge in [0.05, 0.1) is 4.90 Å². The summed E-state index contributed by atoms with van der Waals surface area (Å²) in [5, 5.41) is 0.147. The van der Waals surface area contributed by atoms with Gasteiger partial charge in [0.1, 0.15) is 0 Å². The minimum Gasteiger partial charge on any atom is -0.366 e. The number of primary amides is 1.